The van der Waals surface area contributed by atoms with Crippen LogP contribution in [0.5, 0.6) is 0 Å². The van der Waals surface area contributed by atoms with Gasteiger partial charge < -0.3 is 15.3 Å². The van der Waals surface area contributed by atoms with E-state index in [9.17, 15) is 10.2 Å². The van der Waals surface area contributed by atoms with Crippen molar-refractivity contribution in [1.82, 2.24) is 4.90 Å². The van der Waals surface area contributed by atoms with Crippen molar-refractivity contribution in [3.63, 3.8) is 0 Å². The summed E-state index contributed by atoms with van der Waals surface area (Å²) in [6.07, 6.45) is -0.780. The van der Waals surface area contributed by atoms with Crippen LogP contribution >= 0.6 is 0 Å². The Morgan fingerprint density at radius 3 is 2.32 bits per heavy atom. The molecule has 0 amide bonds. The summed E-state index contributed by atoms with van der Waals surface area (Å²) in [4.78, 5) is 2.03. The smallest absolute Gasteiger partial charge is 0.0938 e. The summed E-state index contributed by atoms with van der Waals surface area (Å²) in [7, 11) is 0. The quantitative estimate of drug-likeness (QED) is 0.668. The molecule has 1 aliphatic rings. The van der Waals surface area contributed by atoms with Crippen molar-refractivity contribution in [3.05, 3.63) is 35.4 Å². The average Bonchev–Trinajstić information content (AvgIpc) is 2.71. The van der Waals surface area contributed by atoms with Crippen LogP contribution in [-0.2, 0) is 6.54 Å². The minimum Gasteiger partial charge on any atom is -0.395 e. The normalized spacial score (nSPS) is 23.1. The van der Waals surface area contributed by atoms with Gasteiger partial charge in [-0.25, -0.2) is 0 Å². The molecule has 4 heteroatoms. The van der Waals surface area contributed by atoms with Crippen LogP contribution in [0.4, 0.5) is 0 Å². The molecule has 1 aliphatic heterocycles. The first-order valence-electron chi connectivity index (χ1n) is 6.46. The van der Waals surface area contributed by atoms with E-state index in [0.717, 1.165) is 17.7 Å². The molecule has 0 saturated carbocycles. The summed E-state index contributed by atoms with van der Waals surface area (Å²) in [5, 5.41) is 27.6. The molecule has 2 atom stereocenters. The van der Waals surface area contributed by atoms with Crippen molar-refractivity contribution in [2.24, 2.45) is 0 Å². The second-order valence-electron chi connectivity index (χ2n) is 4.80. The highest BCUT2D eigenvalue weighted by atomic mass is 16.3. The molecule has 1 fully saturated rings. The van der Waals surface area contributed by atoms with E-state index in [2.05, 4.69) is 11.8 Å². The zero-order chi connectivity index (χ0) is 13.7. The third-order valence-electron chi connectivity index (χ3n) is 3.16. The molecule has 0 aromatic heterocycles. The molecule has 0 spiro atoms. The Balaban J connectivity index is 1.91. The maximum atomic E-state index is 9.48. The van der Waals surface area contributed by atoms with Gasteiger partial charge in [0.25, 0.3) is 0 Å². The van der Waals surface area contributed by atoms with Crippen molar-refractivity contribution in [3.8, 4) is 11.8 Å². The number of likely N-dealkylation sites (tertiary alicyclic amines) is 1. The average molecular weight is 261 g/mol. The fourth-order valence-electron chi connectivity index (χ4n) is 2.15. The van der Waals surface area contributed by atoms with E-state index in [-0.39, 0.29) is 6.61 Å². The Hall–Kier alpha value is -1.38. The summed E-state index contributed by atoms with van der Waals surface area (Å²) in [5.74, 6) is 5.86. The zero-order valence-corrected chi connectivity index (χ0v) is 10.8. The fraction of sp³-hybridized carbons (Fsp3) is 0.467. The van der Waals surface area contributed by atoms with Crippen molar-refractivity contribution < 1.29 is 15.3 Å². The number of aliphatic hydroxyl groups is 3. The molecule has 1 aromatic rings. The van der Waals surface area contributed by atoms with E-state index in [1.54, 1.807) is 0 Å². The molecule has 2 unspecified atom stereocenters. The summed E-state index contributed by atoms with van der Waals surface area (Å²) < 4.78 is 0. The predicted molar refractivity (Wildman–Crippen MR) is 72.3 cm³/mol. The fourth-order valence-corrected chi connectivity index (χ4v) is 2.15. The van der Waals surface area contributed by atoms with Gasteiger partial charge in [-0.1, -0.05) is 24.0 Å². The summed E-state index contributed by atoms with van der Waals surface area (Å²) in [6.45, 7) is 1.83. The standard InChI is InChI=1S/C15H19NO3/c17-8-2-1-3-12-4-6-13(7-5-12)9-16-10-14(18)15(19)11-16/h4-7,14-15,17-19H,2,8-11H2. The maximum Gasteiger partial charge on any atom is 0.0938 e. The molecule has 2 rings (SSSR count). The maximum absolute atomic E-state index is 9.48. The van der Waals surface area contributed by atoms with Crippen molar-refractivity contribution in [2.45, 2.75) is 25.2 Å². The van der Waals surface area contributed by atoms with E-state index < -0.39 is 12.2 Å². The van der Waals surface area contributed by atoms with Gasteiger partial charge in [-0.2, -0.15) is 0 Å². The Morgan fingerprint density at radius 1 is 1.11 bits per heavy atom. The summed E-state index contributed by atoms with van der Waals surface area (Å²) in [5.41, 5.74) is 2.06. The SMILES string of the molecule is OCCC#Cc1ccc(CN2CC(O)C(O)C2)cc1. The highest BCUT2D eigenvalue weighted by Gasteiger charge is 2.29. The molecule has 1 saturated heterocycles. The lowest BCUT2D eigenvalue weighted by Gasteiger charge is -2.14. The largest absolute Gasteiger partial charge is 0.395 e. The molecule has 3 N–H and O–H groups in total. The van der Waals surface area contributed by atoms with Crippen LogP contribution in [0.15, 0.2) is 24.3 Å². The molecule has 1 heterocycles. The highest BCUT2D eigenvalue weighted by Crippen LogP contribution is 2.14. The number of hydrogen-bond donors (Lipinski definition) is 3. The Kier molecular flexibility index (Phi) is 4.94. The monoisotopic (exact) mass is 261 g/mol. The molecule has 4 nitrogen and oxygen atoms in total. The number of hydrogen-bond acceptors (Lipinski definition) is 4. The minimum atomic E-state index is -0.636. The van der Waals surface area contributed by atoms with Crippen molar-refractivity contribution in [1.29, 1.82) is 0 Å². The van der Waals surface area contributed by atoms with E-state index in [1.165, 1.54) is 0 Å². The second-order valence-corrected chi connectivity index (χ2v) is 4.80. The van der Waals surface area contributed by atoms with E-state index in [1.807, 2.05) is 29.2 Å². The van der Waals surface area contributed by atoms with Crippen LogP contribution in [0, 0.1) is 11.8 Å². The van der Waals surface area contributed by atoms with Gasteiger partial charge in [-0.05, 0) is 17.7 Å². The molecule has 0 radical (unpaired) electrons. The number of benzene rings is 1. The Bertz CT molecular complexity index is 451. The second kappa shape index (κ2) is 6.69. The van der Waals surface area contributed by atoms with Gasteiger partial charge in [-0.3, -0.25) is 4.90 Å². The van der Waals surface area contributed by atoms with Gasteiger partial charge >= 0.3 is 0 Å². The molecule has 0 aliphatic carbocycles. The van der Waals surface area contributed by atoms with Crippen LogP contribution in [0.25, 0.3) is 0 Å². The van der Waals surface area contributed by atoms with Crippen LogP contribution < -0.4 is 0 Å². The summed E-state index contributed by atoms with van der Waals surface area (Å²) in [6, 6.07) is 7.89. The van der Waals surface area contributed by atoms with Crippen LogP contribution in [-0.4, -0.2) is 52.1 Å². The van der Waals surface area contributed by atoms with Gasteiger partial charge in [-0.15, -0.1) is 0 Å². The summed E-state index contributed by atoms with van der Waals surface area (Å²) >= 11 is 0. The first-order chi connectivity index (χ1) is 9.19. The lowest BCUT2D eigenvalue weighted by molar-refractivity contribution is 0.0572. The Labute approximate surface area is 113 Å². The van der Waals surface area contributed by atoms with E-state index >= 15 is 0 Å². The topological polar surface area (TPSA) is 63.9 Å². The van der Waals surface area contributed by atoms with E-state index in [0.29, 0.717) is 19.5 Å². The minimum absolute atomic E-state index is 0.0880. The van der Waals surface area contributed by atoms with Gasteiger partial charge in [0.2, 0.25) is 0 Å². The van der Waals surface area contributed by atoms with Gasteiger partial charge in [0.1, 0.15) is 0 Å². The molecular weight excluding hydrogens is 242 g/mol. The zero-order valence-electron chi connectivity index (χ0n) is 10.8. The molecule has 19 heavy (non-hydrogen) atoms. The predicted octanol–water partition coefficient (Wildman–Crippen LogP) is -0.0421. The first kappa shape index (κ1) is 14.0. The molecule has 102 valence electrons. The van der Waals surface area contributed by atoms with Gasteiger partial charge in [0.15, 0.2) is 0 Å². The van der Waals surface area contributed by atoms with E-state index in [4.69, 9.17) is 5.11 Å². The third-order valence-corrected chi connectivity index (χ3v) is 3.16. The molecule has 1 aromatic carbocycles. The number of aliphatic hydroxyl groups excluding tert-OH is 3. The van der Waals surface area contributed by atoms with Crippen LogP contribution in [0.2, 0.25) is 0 Å². The van der Waals surface area contributed by atoms with Crippen molar-refractivity contribution in [2.75, 3.05) is 19.7 Å². The van der Waals surface area contributed by atoms with Gasteiger partial charge in [0, 0.05) is 31.6 Å². The van der Waals surface area contributed by atoms with Crippen molar-refractivity contribution >= 4 is 0 Å². The highest BCUT2D eigenvalue weighted by molar-refractivity contribution is 5.36. The van der Waals surface area contributed by atoms with Crippen LogP contribution in [0.3, 0.4) is 0 Å². The van der Waals surface area contributed by atoms with Crippen LogP contribution in [0.1, 0.15) is 17.5 Å². The number of rotatable bonds is 3. The third kappa shape index (κ3) is 4.05. The lowest BCUT2D eigenvalue weighted by atomic mass is 10.1. The Morgan fingerprint density at radius 2 is 1.74 bits per heavy atom. The van der Waals surface area contributed by atoms with Gasteiger partial charge in [0.05, 0.1) is 18.8 Å². The number of nitrogens with zero attached hydrogens (tertiary/aromatic N) is 1. The molecular formula is C15H19NO3. The first-order valence-corrected chi connectivity index (χ1v) is 6.46. The molecule has 0 bridgehead atoms. The number of β-amino-alcohol motifs (C(OH)–C–C–N with tert-alkyl or cyclic N) is 2. The lowest BCUT2D eigenvalue weighted by Crippen LogP contribution is -2.22.